The fourth-order valence-corrected chi connectivity index (χ4v) is 3.64. The van der Waals surface area contributed by atoms with E-state index in [2.05, 4.69) is 24.0 Å². The number of hydrogen-bond acceptors (Lipinski definition) is 2. The number of hydrogen-bond donors (Lipinski definition) is 1. The molecule has 2 aliphatic rings. The topological polar surface area (TPSA) is 12.0 Å². The van der Waals surface area contributed by atoms with Crippen LogP contribution in [-0.4, -0.2) is 23.6 Å². The van der Waals surface area contributed by atoms with Gasteiger partial charge in [-0.2, -0.15) is 11.8 Å². The van der Waals surface area contributed by atoms with Crippen LogP contribution < -0.4 is 5.32 Å². The molecule has 12 heavy (non-hydrogen) atoms. The summed E-state index contributed by atoms with van der Waals surface area (Å²) in [6.45, 7) is 3.64. The first kappa shape index (κ1) is 8.89. The van der Waals surface area contributed by atoms with Crippen molar-refractivity contribution in [2.75, 3.05) is 12.3 Å². The van der Waals surface area contributed by atoms with Gasteiger partial charge in [-0.3, -0.25) is 0 Å². The van der Waals surface area contributed by atoms with Gasteiger partial charge in [0.05, 0.1) is 0 Å². The van der Waals surface area contributed by atoms with Crippen molar-refractivity contribution >= 4 is 11.8 Å². The van der Waals surface area contributed by atoms with Crippen molar-refractivity contribution in [1.29, 1.82) is 0 Å². The van der Waals surface area contributed by atoms with Crippen LogP contribution >= 0.6 is 11.8 Å². The van der Waals surface area contributed by atoms with Crippen LogP contribution in [0.25, 0.3) is 0 Å². The molecule has 0 aromatic rings. The Morgan fingerprint density at radius 3 is 2.92 bits per heavy atom. The quantitative estimate of drug-likeness (QED) is 0.621. The average molecular weight is 185 g/mol. The molecule has 0 bridgehead atoms. The molecule has 0 aromatic heterocycles. The van der Waals surface area contributed by atoms with E-state index in [1.54, 1.807) is 0 Å². The molecule has 70 valence electrons. The lowest BCUT2D eigenvalue weighted by atomic mass is 10.0. The summed E-state index contributed by atoms with van der Waals surface area (Å²) in [5, 5.41) is 4.59. The highest BCUT2D eigenvalue weighted by atomic mass is 32.2. The SMILES string of the molecule is CC1CCC2NCCSC2CC1. The van der Waals surface area contributed by atoms with Crippen LogP contribution in [0.15, 0.2) is 0 Å². The van der Waals surface area contributed by atoms with E-state index in [1.165, 1.54) is 38.0 Å². The van der Waals surface area contributed by atoms with Crippen molar-refractivity contribution in [2.24, 2.45) is 5.92 Å². The van der Waals surface area contributed by atoms with Crippen molar-refractivity contribution < 1.29 is 0 Å². The molecule has 1 nitrogen and oxygen atoms in total. The van der Waals surface area contributed by atoms with Crippen LogP contribution in [0.3, 0.4) is 0 Å². The number of rotatable bonds is 0. The standard InChI is InChI=1S/C10H19NS/c1-8-2-4-9-10(5-3-8)12-7-6-11-9/h8-11H,2-7H2,1H3. The van der Waals surface area contributed by atoms with Gasteiger partial charge >= 0.3 is 0 Å². The third-order valence-corrected chi connectivity index (χ3v) is 4.64. The van der Waals surface area contributed by atoms with Crippen LogP contribution in [0.2, 0.25) is 0 Å². The van der Waals surface area contributed by atoms with Crippen molar-refractivity contribution in [3.63, 3.8) is 0 Å². The van der Waals surface area contributed by atoms with Crippen LogP contribution in [0, 0.1) is 5.92 Å². The molecule has 1 aliphatic heterocycles. The Kier molecular flexibility index (Phi) is 2.97. The minimum Gasteiger partial charge on any atom is -0.312 e. The molecule has 0 amide bonds. The van der Waals surface area contributed by atoms with Gasteiger partial charge in [0, 0.05) is 23.6 Å². The second kappa shape index (κ2) is 4.01. The summed E-state index contributed by atoms with van der Waals surface area (Å²) in [6.07, 6.45) is 5.76. The summed E-state index contributed by atoms with van der Waals surface area (Å²) < 4.78 is 0. The van der Waals surface area contributed by atoms with E-state index < -0.39 is 0 Å². The van der Waals surface area contributed by atoms with Gasteiger partial charge in [0.15, 0.2) is 0 Å². The van der Waals surface area contributed by atoms with Gasteiger partial charge < -0.3 is 5.32 Å². The maximum absolute atomic E-state index is 3.66. The average Bonchev–Trinajstić information content (AvgIpc) is 2.29. The van der Waals surface area contributed by atoms with Crippen molar-refractivity contribution in [3.8, 4) is 0 Å². The normalized spacial score (nSPS) is 43.2. The van der Waals surface area contributed by atoms with E-state index in [4.69, 9.17) is 0 Å². The smallest absolute Gasteiger partial charge is 0.0201 e. The largest absolute Gasteiger partial charge is 0.312 e. The van der Waals surface area contributed by atoms with E-state index >= 15 is 0 Å². The molecule has 1 heterocycles. The van der Waals surface area contributed by atoms with E-state index in [0.717, 1.165) is 17.2 Å². The first-order chi connectivity index (χ1) is 5.86. The Hall–Kier alpha value is 0.310. The van der Waals surface area contributed by atoms with Crippen LogP contribution in [0.5, 0.6) is 0 Å². The maximum Gasteiger partial charge on any atom is 0.0201 e. The Balaban J connectivity index is 1.94. The zero-order valence-electron chi connectivity index (χ0n) is 7.88. The summed E-state index contributed by atoms with van der Waals surface area (Å²) in [5.41, 5.74) is 0. The highest BCUT2D eigenvalue weighted by molar-refractivity contribution is 8.00. The molecule has 0 spiro atoms. The van der Waals surface area contributed by atoms with Gasteiger partial charge in [0.2, 0.25) is 0 Å². The number of fused-ring (bicyclic) bond motifs is 1. The first-order valence-electron chi connectivity index (χ1n) is 5.21. The molecule has 1 saturated carbocycles. The monoisotopic (exact) mass is 185 g/mol. The molecule has 3 unspecified atom stereocenters. The molecule has 1 saturated heterocycles. The fraction of sp³-hybridized carbons (Fsp3) is 1.00. The molecule has 2 fully saturated rings. The lowest BCUT2D eigenvalue weighted by molar-refractivity contribution is 0.457. The molecule has 2 rings (SSSR count). The van der Waals surface area contributed by atoms with Crippen molar-refractivity contribution in [2.45, 2.75) is 43.9 Å². The summed E-state index contributed by atoms with van der Waals surface area (Å²) >= 11 is 2.20. The van der Waals surface area contributed by atoms with Crippen molar-refractivity contribution in [1.82, 2.24) is 5.32 Å². The summed E-state index contributed by atoms with van der Waals surface area (Å²) in [7, 11) is 0. The predicted molar refractivity (Wildman–Crippen MR) is 55.7 cm³/mol. The Bertz CT molecular complexity index is 133. The molecular weight excluding hydrogens is 166 g/mol. The number of thioether (sulfide) groups is 1. The van der Waals surface area contributed by atoms with Gasteiger partial charge in [-0.1, -0.05) is 6.92 Å². The summed E-state index contributed by atoms with van der Waals surface area (Å²) in [6, 6.07) is 0.841. The molecule has 1 aliphatic carbocycles. The second-order valence-corrected chi connectivity index (χ2v) is 5.58. The lowest BCUT2D eigenvalue weighted by Gasteiger charge is -2.30. The van der Waals surface area contributed by atoms with Gasteiger partial charge in [-0.05, 0) is 31.6 Å². The third kappa shape index (κ3) is 1.97. The predicted octanol–water partition coefficient (Wildman–Crippen LogP) is 2.27. The van der Waals surface area contributed by atoms with Crippen molar-refractivity contribution in [3.05, 3.63) is 0 Å². The molecule has 3 atom stereocenters. The lowest BCUT2D eigenvalue weighted by Crippen LogP contribution is -2.43. The summed E-state index contributed by atoms with van der Waals surface area (Å²) in [5.74, 6) is 2.30. The minimum absolute atomic E-state index is 0.841. The van der Waals surface area contributed by atoms with E-state index in [1.807, 2.05) is 0 Å². The minimum atomic E-state index is 0.841. The van der Waals surface area contributed by atoms with E-state index in [9.17, 15) is 0 Å². The molecule has 0 radical (unpaired) electrons. The third-order valence-electron chi connectivity index (χ3n) is 3.20. The fourth-order valence-electron chi connectivity index (χ4n) is 2.33. The highest BCUT2D eigenvalue weighted by Gasteiger charge is 2.28. The van der Waals surface area contributed by atoms with Gasteiger partial charge in [-0.25, -0.2) is 0 Å². The zero-order chi connectivity index (χ0) is 8.39. The second-order valence-electron chi connectivity index (χ2n) is 4.23. The van der Waals surface area contributed by atoms with Crippen LogP contribution in [-0.2, 0) is 0 Å². The zero-order valence-corrected chi connectivity index (χ0v) is 8.70. The van der Waals surface area contributed by atoms with Gasteiger partial charge in [0.1, 0.15) is 0 Å². The van der Waals surface area contributed by atoms with Crippen LogP contribution in [0.1, 0.15) is 32.6 Å². The number of nitrogens with one attached hydrogen (secondary N) is 1. The molecule has 2 heteroatoms. The maximum atomic E-state index is 3.66. The van der Waals surface area contributed by atoms with Gasteiger partial charge in [-0.15, -0.1) is 0 Å². The van der Waals surface area contributed by atoms with E-state index in [-0.39, 0.29) is 0 Å². The molecule has 0 aromatic carbocycles. The van der Waals surface area contributed by atoms with Crippen LogP contribution in [0.4, 0.5) is 0 Å². The Morgan fingerprint density at radius 2 is 2.00 bits per heavy atom. The van der Waals surface area contributed by atoms with E-state index in [0.29, 0.717) is 0 Å². The Morgan fingerprint density at radius 1 is 1.17 bits per heavy atom. The Labute approximate surface area is 79.7 Å². The highest BCUT2D eigenvalue weighted by Crippen LogP contribution is 2.32. The first-order valence-corrected chi connectivity index (χ1v) is 6.26. The van der Waals surface area contributed by atoms with Gasteiger partial charge in [0.25, 0.3) is 0 Å². The molecular formula is C10H19NS. The molecule has 1 N–H and O–H groups in total. The summed E-state index contributed by atoms with van der Waals surface area (Å²) in [4.78, 5) is 0.